The molecule has 35 heavy (non-hydrogen) atoms. The highest BCUT2D eigenvalue weighted by molar-refractivity contribution is 5.76. The lowest BCUT2D eigenvalue weighted by molar-refractivity contribution is -0.384. The lowest BCUT2D eigenvalue weighted by Crippen LogP contribution is -2.40. The van der Waals surface area contributed by atoms with Gasteiger partial charge in [0.1, 0.15) is 5.75 Å². The molecule has 2 heterocycles. The maximum absolute atomic E-state index is 12.7. The van der Waals surface area contributed by atoms with Crippen LogP contribution in [0.25, 0.3) is 11.1 Å². The number of nitro benzene ring substituents is 1. The molecule has 10 heteroatoms. The predicted octanol–water partition coefficient (Wildman–Crippen LogP) is 3.63. The van der Waals surface area contributed by atoms with E-state index >= 15 is 0 Å². The van der Waals surface area contributed by atoms with E-state index in [1.54, 1.807) is 7.11 Å². The number of hydrogen-bond donors (Lipinski definition) is 1. The number of fused-ring (bicyclic) bond motifs is 1. The van der Waals surface area contributed by atoms with Crippen molar-refractivity contribution in [2.45, 2.75) is 44.7 Å². The number of piperidine rings is 1. The molecule has 1 saturated heterocycles. The van der Waals surface area contributed by atoms with Crippen molar-refractivity contribution in [3.8, 4) is 5.75 Å². The smallest absolute Gasteiger partial charge is 0.419 e. The van der Waals surface area contributed by atoms with Crippen molar-refractivity contribution in [3.63, 3.8) is 0 Å². The minimum absolute atomic E-state index is 0.0200. The van der Waals surface area contributed by atoms with Crippen LogP contribution in [-0.4, -0.2) is 47.0 Å². The van der Waals surface area contributed by atoms with E-state index in [1.165, 1.54) is 29.2 Å². The van der Waals surface area contributed by atoms with E-state index < -0.39 is 10.7 Å². The normalized spacial score (nSPS) is 15.1. The number of methoxy groups -OCH3 is 1. The first-order valence-electron chi connectivity index (χ1n) is 11.9. The number of likely N-dealkylation sites (tertiary alicyclic amines) is 1. The molecule has 1 N–H and O–H groups in total. The van der Waals surface area contributed by atoms with Gasteiger partial charge in [0.25, 0.3) is 5.69 Å². The molecule has 2 aromatic carbocycles. The topological polar surface area (TPSA) is 120 Å². The number of aryl methyl sites for hydroxylation is 1. The molecule has 1 atom stereocenters. The number of oxazole rings is 1. The number of carbonyl (C=O) groups excluding carboxylic acids is 1. The third-order valence-electron chi connectivity index (χ3n) is 6.47. The van der Waals surface area contributed by atoms with Crippen molar-refractivity contribution in [1.82, 2.24) is 14.8 Å². The zero-order chi connectivity index (χ0) is 24.8. The summed E-state index contributed by atoms with van der Waals surface area (Å²) < 4.78 is 12.1. The quantitative estimate of drug-likeness (QED) is 0.346. The molecule has 10 nitrogen and oxygen atoms in total. The number of nitrogens with zero attached hydrogens (tertiary/aromatic N) is 3. The molecule has 0 aliphatic carbocycles. The average Bonchev–Trinajstić information content (AvgIpc) is 3.19. The van der Waals surface area contributed by atoms with Crippen LogP contribution in [-0.2, 0) is 11.3 Å². The predicted molar refractivity (Wildman–Crippen MR) is 131 cm³/mol. The van der Waals surface area contributed by atoms with Gasteiger partial charge in [-0.2, -0.15) is 0 Å². The van der Waals surface area contributed by atoms with E-state index in [4.69, 9.17) is 9.15 Å². The molecule has 1 unspecified atom stereocenters. The van der Waals surface area contributed by atoms with E-state index in [2.05, 4.69) is 10.2 Å². The van der Waals surface area contributed by atoms with Gasteiger partial charge < -0.3 is 14.5 Å². The largest absolute Gasteiger partial charge is 0.496 e. The van der Waals surface area contributed by atoms with E-state index in [9.17, 15) is 19.7 Å². The number of carbonyl (C=O) groups is 1. The van der Waals surface area contributed by atoms with E-state index in [0.29, 0.717) is 18.5 Å². The summed E-state index contributed by atoms with van der Waals surface area (Å²) in [6.07, 6.45) is 4.16. The Labute approximate surface area is 202 Å². The molecule has 0 radical (unpaired) electrons. The monoisotopic (exact) mass is 482 g/mol. The van der Waals surface area contributed by atoms with Crippen molar-refractivity contribution in [1.29, 1.82) is 0 Å². The number of ether oxygens (including phenoxy) is 1. The molecule has 0 spiro atoms. The molecule has 3 aromatic rings. The van der Waals surface area contributed by atoms with Gasteiger partial charge in [-0.1, -0.05) is 24.6 Å². The maximum atomic E-state index is 12.7. The molecule has 1 fully saturated rings. The van der Waals surface area contributed by atoms with E-state index in [1.807, 2.05) is 24.3 Å². The Balaban J connectivity index is 1.37. The molecule has 0 saturated carbocycles. The average molecular weight is 483 g/mol. The van der Waals surface area contributed by atoms with Crippen LogP contribution in [0.4, 0.5) is 5.69 Å². The van der Waals surface area contributed by atoms with Crippen LogP contribution in [0, 0.1) is 10.1 Å². The molecular weight excluding hydrogens is 452 g/mol. The number of rotatable bonds is 10. The molecule has 1 amide bonds. The molecule has 1 aliphatic rings. The van der Waals surface area contributed by atoms with Gasteiger partial charge in [-0.05, 0) is 44.5 Å². The molecule has 4 rings (SSSR count). The fraction of sp³-hybridized carbons (Fsp3) is 0.440. The Morgan fingerprint density at radius 1 is 1.20 bits per heavy atom. The maximum Gasteiger partial charge on any atom is 0.419 e. The van der Waals surface area contributed by atoms with E-state index in [0.717, 1.165) is 37.2 Å². The summed E-state index contributed by atoms with van der Waals surface area (Å²) in [5, 5.41) is 14.0. The second-order valence-corrected chi connectivity index (χ2v) is 8.69. The number of para-hydroxylation sites is 1. The van der Waals surface area contributed by atoms with Gasteiger partial charge in [0.2, 0.25) is 5.91 Å². The van der Waals surface area contributed by atoms with Crippen molar-refractivity contribution < 1.29 is 18.9 Å². The summed E-state index contributed by atoms with van der Waals surface area (Å²) in [7, 11) is 1.66. The van der Waals surface area contributed by atoms with Crippen molar-refractivity contribution >= 4 is 22.7 Å². The highest BCUT2D eigenvalue weighted by Gasteiger charge is 2.25. The first-order chi connectivity index (χ1) is 17.0. The molecule has 0 bridgehead atoms. The summed E-state index contributed by atoms with van der Waals surface area (Å²) in [6, 6.07) is 12.0. The second kappa shape index (κ2) is 11.2. The van der Waals surface area contributed by atoms with Gasteiger partial charge in [0.05, 0.1) is 29.7 Å². The van der Waals surface area contributed by atoms with Crippen molar-refractivity contribution in [3.05, 3.63) is 68.7 Å². The van der Waals surface area contributed by atoms with Crippen LogP contribution in [0.3, 0.4) is 0 Å². The number of nitro groups is 1. The summed E-state index contributed by atoms with van der Waals surface area (Å²) in [5.41, 5.74) is 1.55. The van der Waals surface area contributed by atoms with Crippen LogP contribution < -0.4 is 15.8 Å². The second-order valence-electron chi connectivity index (χ2n) is 8.69. The third kappa shape index (κ3) is 5.71. The number of benzene rings is 2. The fourth-order valence-corrected chi connectivity index (χ4v) is 4.68. The number of aromatic nitrogens is 1. The molecule has 1 aromatic heterocycles. The van der Waals surface area contributed by atoms with Gasteiger partial charge in [0.15, 0.2) is 5.58 Å². The Morgan fingerprint density at radius 2 is 1.97 bits per heavy atom. The van der Waals surface area contributed by atoms with Crippen molar-refractivity contribution in [2.75, 3.05) is 26.7 Å². The summed E-state index contributed by atoms with van der Waals surface area (Å²) in [4.78, 5) is 37.7. The van der Waals surface area contributed by atoms with E-state index in [-0.39, 0.29) is 36.2 Å². The summed E-state index contributed by atoms with van der Waals surface area (Å²) >= 11 is 0. The van der Waals surface area contributed by atoms with Gasteiger partial charge in [-0.15, -0.1) is 0 Å². The Bertz CT molecular complexity index is 1240. The molecule has 1 aliphatic heterocycles. The van der Waals surface area contributed by atoms with Crippen LogP contribution in [0.15, 0.2) is 51.7 Å². The lowest BCUT2D eigenvalue weighted by atomic mass is 10.0. The summed E-state index contributed by atoms with van der Waals surface area (Å²) in [5.74, 6) is 0.115. The minimum atomic E-state index is -0.595. The van der Waals surface area contributed by atoms with Gasteiger partial charge in [-0.3, -0.25) is 24.4 Å². The fourth-order valence-electron chi connectivity index (χ4n) is 4.68. The van der Waals surface area contributed by atoms with Crippen LogP contribution in [0.1, 0.15) is 43.7 Å². The van der Waals surface area contributed by atoms with Crippen LogP contribution >= 0.6 is 0 Å². The van der Waals surface area contributed by atoms with Crippen LogP contribution in [0.5, 0.6) is 5.75 Å². The first-order valence-corrected chi connectivity index (χ1v) is 11.9. The molecule has 186 valence electrons. The van der Waals surface area contributed by atoms with Crippen LogP contribution in [0.2, 0.25) is 0 Å². The standard InChI is InChI=1S/C25H30N4O6/c1-34-22-9-4-3-8-19(22)21(27-13-5-2-6-14-27)17-26-24(30)10-7-15-28-20-12-11-18(29(32)33)16-23(20)35-25(28)31/h3-4,8-9,11-12,16,21H,2,5-7,10,13-15,17H2,1H3,(H,26,30). The lowest BCUT2D eigenvalue weighted by Gasteiger charge is -2.35. The number of non-ortho nitro benzene ring substituents is 1. The zero-order valence-electron chi connectivity index (χ0n) is 19.8. The Hall–Kier alpha value is -3.66. The highest BCUT2D eigenvalue weighted by atomic mass is 16.6. The number of nitrogens with one attached hydrogen (secondary N) is 1. The molecular formula is C25H30N4O6. The zero-order valence-corrected chi connectivity index (χ0v) is 19.8. The highest BCUT2D eigenvalue weighted by Crippen LogP contribution is 2.31. The Kier molecular flexibility index (Phi) is 7.81. The van der Waals surface area contributed by atoms with Gasteiger partial charge >= 0.3 is 5.76 Å². The van der Waals surface area contributed by atoms with Gasteiger partial charge in [-0.25, -0.2) is 4.79 Å². The first kappa shape index (κ1) is 24.5. The number of hydrogen-bond acceptors (Lipinski definition) is 7. The summed E-state index contributed by atoms with van der Waals surface area (Å²) in [6.45, 7) is 2.71. The Morgan fingerprint density at radius 3 is 2.71 bits per heavy atom. The van der Waals surface area contributed by atoms with Crippen molar-refractivity contribution in [2.24, 2.45) is 0 Å². The third-order valence-corrected chi connectivity index (χ3v) is 6.47. The SMILES string of the molecule is COc1ccccc1C(CNC(=O)CCCn1c(=O)oc2cc([N+](=O)[O-])ccc21)N1CCCCC1. The van der Waals surface area contributed by atoms with Gasteiger partial charge in [0, 0.05) is 31.1 Å². The minimum Gasteiger partial charge on any atom is -0.496 e. The number of amides is 1.